The molecule has 422 valence electrons. The Kier molecular flexibility index (Phi) is 23.5. The maximum absolute atomic E-state index is 14.5. The van der Waals surface area contributed by atoms with Gasteiger partial charge in [0.1, 0.15) is 24.3 Å². The van der Waals surface area contributed by atoms with Gasteiger partial charge < -0.3 is 31.5 Å². The van der Waals surface area contributed by atoms with Gasteiger partial charge in [-0.25, -0.2) is 16.8 Å². The van der Waals surface area contributed by atoms with Gasteiger partial charge in [0.15, 0.2) is 19.7 Å². The lowest BCUT2D eigenvalue weighted by Gasteiger charge is -2.35. The number of hydrogen-bond acceptors (Lipinski definition) is 10. The SMILES string of the molecule is CCCCC[C@H](NC(=O)[C@@H](NC(=O)[C@H](Cc1cccc2ccccc12)CS(=O)(=O)C(C)(C)C)C(C)C)[C@@H](O)[C@H](O)[C@@H](CCCCC)NC(=O)[C@H](NC(=O)[C@H](Cc1cccc2ccccc12)CS(=O)(=O)C(C)(C)C)C(C)C. The number of nitrogens with one attached hydrogen (secondary N) is 4. The Hall–Kier alpha value is -4.90. The van der Waals surface area contributed by atoms with Crippen molar-refractivity contribution in [2.45, 2.75) is 193 Å². The van der Waals surface area contributed by atoms with Crippen LogP contribution in [0.3, 0.4) is 0 Å². The molecular weight excluding hydrogens is 1000 g/mol. The fraction of sp³-hybridized carbons (Fsp3) is 0.600. The van der Waals surface area contributed by atoms with E-state index in [0.29, 0.717) is 12.8 Å². The van der Waals surface area contributed by atoms with Gasteiger partial charge in [-0.1, -0.05) is 165 Å². The average Bonchev–Trinajstić information content (AvgIpc) is 3.34. The van der Waals surface area contributed by atoms with Crippen molar-refractivity contribution in [2.75, 3.05) is 11.5 Å². The summed E-state index contributed by atoms with van der Waals surface area (Å²) in [5, 5.41) is 39.6. The van der Waals surface area contributed by atoms with Gasteiger partial charge in [-0.05, 0) is 112 Å². The quantitative estimate of drug-likeness (QED) is 0.0284. The van der Waals surface area contributed by atoms with Crippen molar-refractivity contribution in [3.05, 3.63) is 96.1 Å². The molecule has 16 heteroatoms. The summed E-state index contributed by atoms with van der Waals surface area (Å²) in [7, 11) is -7.63. The number of carbonyl (C=O) groups excluding carboxylic acids is 4. The van der Waals surface area contributed by atoms with Crippen molar-refractivity contribution in [2.24, 2.45) is 23.7 Å². The molecule has 6 N–H and O–H groups in total. The van der Waals surface area contributed by atoms with Gasteiger partial charge in [-0.2, -0.15) is 0 Å². The summed E-state index contributed by atoms with van der Waals surface area (Å²) in [5.41, 5.74) is 1.58. The molecule has 8 atom stereocenters. The molecule has 0 saturated carbocycles. The van der Waals surface area contributed by atoms with Gasteiger partial charge in [0.2, 0.25) is 23.6 Å². The first kappa shape index (κ1) is 63.6. The van der Waals surface area contributed by atoms with Crippen molar-refractivity contribution < 1.29 is 46.2 Å². The third-order valence-corrected chi connectivity index (χ3v) is 20.1. The van der Waals surface area contributed by atoms with E-state index in [0.717, 1.165) is 58.4 Å². The van der Waals surface area contributed by atoms with Gasteiger partial charge in [0.25, 0.3) is 0 Å². The van der Waals surface area contributed by atoms with Gasteiger partial charge >= 0.3 is 0 Å². The first-order valence-electron chi connectivity index (χ1n) is 27.5. The van der Waals surface area contributed by atoms with Gasteiger partial charge in [0.05, 0.1) is 44.9 Å². The minimum Gasteiger partial charge on any atom is -0.388 e. The number of benzene rings is 4. The van der Waals surface area contributed by atoms with E-state index in [9.17, 15) is 46.2 Å². The van der Waals surface area contributed by atoms with Crippen LogP contribution in [0.4, 0.5) is 0 Å². The Balaban J connectivity index is 1.62. The minimum absolute atomic E-state index is 0.0940. The predicted molar refractivity (Wildman–Crippen MR) is 307 cm³/mol. The molecule has 0 heterocycles. The van der Waals surface area contributed by atoms with E-state index in [1.165, 1.54) is 0 Å². The van der Waals surface area contributed by atoms with Crippen LogP contribution in [0.15, 0.2) is 84.9 Å². The average molecular weight is 1090 g/mol. The molecular formula is C60H90N4O10S2. The van der Waals surface area contributed by atoms with E-state index >= 15 is 0 Å². The van der Waals surface area contributed by atoms with Crippen LogP contribution in [0.5, 0.6) is 0 Å². The zero-order chi connectivity index (χ0) is 56.8. The third kappa shape index (κ3) is 17.6. The molecule has 4 rings (SSSR count). The van der Waals surface area contributed by atoms with E-state index in [1.807, 2.05) is 98.8 Å². The summed E-state index contributed by atoms with van der Waals surface area (Å²) in [6.07, 6.45) is 1.77. The number of aliphatic hydroxyl groups is 2. The molecule has 0 aliphatic carbocycles. The van der Waals surface area contributed by atoms with E-state index in [-0.39, 0.29) is 25.7 Å². The largest absolute Gasteiger partial charge is 0.388 e. The zero-order valence-electron chi connectivity index (χ0n) is 47.3. The number of unbranched alkanes of at least 4 members (excludes halogenated alkanes) is 4. The molecule has 0 saturated heterocycles. The third-order valence-electron chi connectivity index (χ3n) is 14.7. The van der Waals surface area contributed by atoms with Crippen LogP contribution in [0.1, 0.15) is 146 Å². The lowest BCUT2D eigenvalue weighted by atomic mass is 9.91. The molecule has 0 bridgehead atoms. The summed E-state index contributed by atoms with van der Waals surface area (Å²) >= 11 is 0. The highest BCUT2D eigenvalue weighted by molar-refractivity contribution is 7.93. The first-order chi connectivity index (χ1) is 35.5. The van der Waals surface area contributed by atoms with E-state index in [2.05, 4.69) is 21.3 Å². The summed E-state index contributed by atoms with van der Waals surface area (Å²) in [6, 6.07) is 22.3. The Morgan fingerprint density at radius 3 is 1.12 bits per heavy atom. The molecule has 0 radical (unpaired) electrons. The molecule has 4 amide bonds. The van der Waals surface area contributed by atoms with Crippen molar-refractivity contribution in [1.29, 1.82) is 0 Å². The van der Waals surface area contributed by atoms with Crippen LogP contribution in [0.2, 0.25) is 0 Å². The second-order valence-corrected chi connectivity index (χ2v) is 29.1. The van der Waals surface area contributed by atoms with Crippen LogP contribution >= 0.6 is 0 Å². The molecule has 0 aliphatic heterocycles. The Labute approximate surface area is 454 Å². The summed E-state index contributed by atoms with van der Waals surface area (Å²) in [4.78, 5) is 57.9. The fourth-order valence-electron chi connectivity index (χ4n) is 9.47. The zero-order valence-corrected chi connectivity index (χ0v) is 49.0. The minimum atomic E-state index is -3.82. The molecule has 0 spiro atoms. The van der Waals surface area contributed by atoms with Crippen molar-refractivity contribution in [3.8, 4) is 0 Å². The predicted octanol–water partition coefficient (Wildman–Crippen LogP) is 8.57. The van der Waals surface area contributed by atoms with Crippen molar-refractivity contribution >= 4 is 64.8 Å². The van der Waals surface area contributed by atoms with Gasteiger partial charge in [-0.3, -0.25) is 19.2 Å². The number of aliphatic hydroxyl groups excluding tert-OH is 2. The summed E-state index contributed by atoms with van der Waals surface area (Å²) < 4.78 is 52.6. The molecule has 0 unspecified atom stereocenters. The lowest BCUT2D eigenvalue weighted by molar-refractivity contribution is -0.134. The second-order valence-electron chi connectivity index (χ2n) is 23.5. The molecule has 0 aromatic heterocycles. The highest BCUT2D eigenvalue weighted by Crippen LogP contribution is 2.28. The number of amides is 4. The first-order valence-corrected chi connectivity index (χ1v) is 30.8. The van der Waals surface area contributed by atoms with Crippen LogP contribution in [0.25, 0.3) is 21.5 Å². The summed E-state index contributed by atoms with van der Waals surface area (Å²) in [6.45, 7) is 20.6. The van der Waals surface area contributed by atoms with E-state index in [4.69, 9.17) is 0 Å². The molecule has 0 aliphatic rings. The molecule has 4 aromatic rings. The number of hydrogen-bond donors (Lipinski definition) is 6. The lowest BCUT2D eigenvalue weighted by Crippen LogP contribution is -2.61. The van der Waals surface area contributed by atoms with Crippen LogP contribution in [-0.2, 0) is 51.7 Å². The number of rotatable bonds is 29. The summed E-state index contributed by atoms with van der Waals surface area (Å²) in [5.74, 6) is -6.48. The van der Waals surface area contributed by atoms with Crippen LogP contribution in [-0.4, -0.2) is 108 Å². The molecule has 76 heavy (non-hydrogen) atoms. The fourth-order valence-corrected chi connectivity index (χ4v) is 12.1. The second kappa shape index (κ2) is 28.1. The number of fused-ring (bicyclic) bond motifs is 2. The smallest absolute Gasteiger partial charge is 0.243 e. The van der Waals surface area contributed by atoms with Crippen LogP contribution < -0.4 is 21.3 Å². The standard InChI is InChI=1S/C60H90N4O10S2/c1-13-15-17-33-49(61-57(69)51(39(3)4)63-55(67)45(37-75(71,72)59(7,8)9)35-43-29-23-27-41-25-19-21-31-47(41)43)53(65)54(66)50(34-18-16-14-2)62-58(70)52(40(5)6)64-56(68)46(38-76(73,74)60(10,11)12)36-44-30-24-28-42-26-20-22-32-48(42)44/h19-32,39-40,45-46,49-54,65-66H,13-18,33-38H2,1-12H3,(H,61,69)(H,62,70)(H,63,67)(H,64,68)/t45-,46-,49-,50+,51-,52+,53-,54-/m1/s1. The van der Waals surface area contributed by atoms with Crippen molar-refractivity contribution in [1.82, 2.24) is 21.3 Å². The van der Waals surface area contributed by atoms with E-state index in [1.54, 1.807) is 69.2 Å². The Morgan fingerprint density at radius 1 is 0.474 bits per heavy atom. The number of carbonyl (C=O) groups is 4. The van der Waals surface area contributed by atoms with Gasteiger partial charge in [0, 0.05) is 0 Å². The number of sulfone groups is 2. The highest BCUT2D eigenvalue weighted by Gasteiger charge is 2.41. The van der Waals surface area contributed by atoms with Crippen LogP contribution in [0, 0.1) is 23.7 Å². The highest BCUT2D eigenvalue weighted by atomic mass is 32.2. The van der Waals surface area contributed by atoms with Gasteiger partial charge in [-0.15, -0.1) is 0 Å². The maximum atomic E-state index is 14.5. The molecule has 0 fully saturated rings. The Bertz CT molecular complexity index is 2580. The maximum Gasteiger partial charge on any atom is 0.243 e. The molecule has 14 nitrogen and oxygen atoms in total. The Morgan fingerprint density at radius 2 is 0.803 bits per heavy atom. The molecule has 4 aromatic carbocycles. The van der Waals surface area contributed by atoms with E-state index < -0.39 is 124 Å². The normalized spacial score (nSPS) is 15.8. The van der Waals surface area contributed by atoms with Crippen molar-refractivity contribution in [3.63, 3.8) is 0 Å². The topological polar surface area (TPSA) is 225 Å². The monoisotopic (exact) mass is 1090 g/mol.